The minimum absolute atomic E-state index is 0.0327. The fraction of sp³-hybridized carbons (Fsp3) is 0.280. The molecule has 1 saturated heterocycles. The number of hydrogen-bond donors (Lipinski definition) is 1. The van der Waals surface area contributed by atoms with Gasteiger partial charge >= 0.3 is 0 Å². The molecule has 0 aliphatic carbocycles. The molecule has 8 nitrogen and oxygen atoms in total. The second-order valence-corrected chi connectivity index (χ2v) is 8.05. The van der Waals surface area contributed by atoms with Gasteiger partial charge in [-0.15, -0.1) is 0 Å². The van der Waals surface area contributed by atoms with Crippen molar-refractivity contribution in [1.29, 1.82) is 0 Å². The largest absolute Gasteiger partial charge is 0.437 e. The zero-order valence-corrected chi connectivity index (χ0v) is 19.0. The lowest BCUT2D eigenvalue weighted by molar-refractivity contribution is 0.0542. The van der Waals surface area contributed by atoms with E-state index in [4.69, 9.17) is 4.74 Å². The average molecular weight is 446 g/mol. The summed E-state index contributed by atoms with van der Waals surface area (Å²) in [5, 5.41) is 2.66. The van der Waals surface area contributed by atoms with Gasteiger partial charge in [0.15, 0.2) is 0 Å². The fourth-order valence-corrected chi connectivity index (χ4v) is 3.88. The van der Waals surface area contributed by atoms with Crippen LogP contribution >= 0.6 is 0 Å². The number of nitrogens with one attached hydrogen (secondary N) is 1. The molecule has 0 unspecified atom stereocenters. The number of likely N-dealkylation sites (N-methyl/N-ethyl adjacent to an activating group) is 1. The normalized spacial score (nSPS) is 16.3. The Hall–Kier alpha value is -3.78. The van der Waals surface area contributed by atoms with Crippen molar-refractivity contribution in [3.63, 3.8) is 0 Å². The topological polar surface area (TPSA) is 87.7 Å². The number of hydrogen-bond acceptors (Lipinski definition) is 6. The highest BCUT2D eigenvalue weighted by atomic mass is 16.5. The number of carbonyl (C=O) groups is 2. The first kappa shape index (κ1) is 22.4. The smallest absolute Gasteiger partial charge is 0.259 e. The van der Waals surface area contributed by atoms with Gasteiger partial charge in [0, 0.05) is 44.1 Å². The molecule has 0 radical (unpaired) electrons. The molecule has 4 rings (SSSR count). The van der Waals surface area contributed by atoms with E-state index in [1.807, 2.05) is 43.1 Å². The van der Waals surface area contributed by atoms with Crippen molar-refractivity contribution in [2.75, 3.05) is 33.7 Å². The standard InChI is InChI=1S/C25H27N5O3/c1-17-9-10-20(15-28-17)33-24-21(8-5-11-27-24)25(32)30-13-12-29(3)22(16-30)18-6-4-7-19(14-18)23(31)26-2/h4-11,14-15,22H,12-13,16H2,1-3H3,(H,26,31)/t22-/m1/s1. The number of aromatic nitrogens is 2. The minimum Gasteiger partial charge on any atom is -0.437 e. The quantitative estimate of drug-likeness (QED) is 0.650. The lowest BCUT2D eigenvalue weighted by atomic mass is 9.99. The van der Waals surface area contributed by atoms with E-state index in [9.17, 15) is 9.59 Å². The van der Waals surface area contributed by atoms with Crippen LogP contribution in [0.25, 0.3) is 0 Å². The Morgan fingerprint density at radius 2 is 1.94 bits per heavy atom. The van der Waals surface area contributed by atoms with Gasteiger partial charge < -0.3 is 15.0 Å². The van der Waals surface area contributed by atoms with Gasteiger partial charge in [-0.1, -0.05) is 12.1 Å². The molecule has 1 N–H and O–H groups in total. The van der Waals surface area contributed by atoms with E-state index in [1.54, 1.807) is 43.7 Å². The van der Waals surface area contributed by atoms with Crippen molar-refractivity contribution in [2.45, 2.75) is 13.0 Å². The number of ether oxygens (including phenoxy) is 1. The van der Waals surface area contributed by atoms with Crippen LogP contribution in [0.15, 0.2) is 60.9 Å². The molecular formula is C25H27N5O3. The summed E-state index contributed by atoms with van der Waals surface area (Å²) in [4.78, 5) is 38.1. The van der Waals surface area contributed by atoms with E-state index >= 15 is 0 Å². The summed E-state index contributed by atoms with van der Waals surface area (Å²) < 4.78 is 5.89. The highest BCUT2D eigenvalue weighted by Crippen LogP contribution is 2.28. The Labute approximate surface area is 193 Å². The highest BCUT2D eigenvalue weighted by molar-refractivity contribution is 5.96. The zero-order valence-electron chi connectivity index (χ0n) is 19.0. The number of rotatable bonds is 5. The first-order valence-corrected chi connectivity index (χ1v) is 10.8. The summed E-state index contributed by atoms with van der Waals surface area (Å²) in [5.74, 6) is 0.505. The summed E-state index contributed by atoms with van der Waals surface area (Å²) in [5.41, 5.74) is 2.87. The van der Waals surface area contributed by atoms with Crippen LogP contribution in [0.4, 0.5) is 0 Å². The first-order valence-electron chi connectivity index (χ1n) is 10.8. The second-order valence-electron chi connectivity index (χ2n) is 8.05. The van der Waals surface area contributed by atoms with E-state index in [0.717, 1.165) is 11.3 Å². The molecule has 170 valence electrons. The van der Waals surface area contributed by atoms with Crippen molar-refractivity contribution in [1.82, 2.24) is 25.1 Å². The number of aryl methyl sites for hydroxylation is 1. The second kappa shape index (κ2) is 9.79. The molecule has 3 aromatic rings. The molecule has 2 aromatic heterocycles. The van der Waals surface area contributed by atoms with Gasteiger partial charge in [0.1, 0.15) is 11.3 Å². The third kappa shape index (κ3) is 5.01. The highest BCUT2D eigenvalue weighted by Gasteiger charge is 2.31. The van der Waals surface area contributed by atoms with Crippen LogP contribution < -0.4 is 10.1 Å². The molecule has 0 saturated carbocycles. The molecule has 1 fully saturated rings. The van der Waals surface area contributed by atoms with Gasteiger partial charge in [0.25, 0.3) is 11.8 Å². The fourth-order valence-electron chi connectivity index (χ4n) is 3.88. The van der Waals surface area contributed by atoms with E-state index in [-0.39, 0.29) is 23.7 Å². The van der Waals surface area contributed by atoms with Gasteiger partial charge in [-0.3, -0.25) is 19.5 Å². The molecule has 1 aliphatic rings. The number of pyridine rings is 2. The Morgan fingerprint density at radius 1 is 1.09 bits per heavy atom. The maximum Gasteiger partial charge on any atom is 0.259 e. The average Bonchev–Trinajstić information content (AvgIpc) is 2.85. The van der Waals surface area contributed by atoms with Crippen LogP contribution in [0.5, 0.6) is 11.6 Å². The van der Waals surface area contributed by atoms with Gasteiger partial charge in [0.05, 0.1) is 12.2 Å². The molecule has 1 aliphatic heterocycles. The predicted octanol–water partition coefficient (Wildman–Crippen LogP) is 3.07. The van der Waals surface area contributed by atoms with Crippen LogP contribution in [0, 0.1) is 6.92 Å². The third-order valence-corrected chi connectivity index (χ3v) is 5.80. The van der Waals surface area contributed by atoms with Crippen LogP contribution in [-0.2, 0) is 0 Å². The van der Waals surface area contributed by atoms with Gasteiger partial charge in [0.2, 0.25) is 5.88 Å². The van der Waals surface area contributed by atoms with Crippen molar-refractivity contribution >= 4 is 11.8 Å². The SMILES string of the molecule is CNC(=O)c1cccc([C@H]2CN(C(=O)c3cccnc3Oc3ccc(C)nc3)CCN2C)c1. The zero-order chi connectivity index (χ0) is 23.4. The summed E-state index contributed by atoms with van der Waals surface area (Å²) in [6.07, 6.45) is 3.22. The van der Waals surface area contributed by atoms with Crippen LogP contribution in [0.3, 0.4) is 0 Å². The molecule has 1 aromatic carbocycles. The molecule has 0 spiro atoms. The number of piperazine rings is 1. The number of benzene rings is 1. The molecule has 2 amide bonds. The summed E-state index contributed by atoms with van der Waals surface area (Å²) in [7, 11) is 3.64. The number of nitrogens with zero attached hydrogens (tertiary/aromatic N) is 4. The van der Waals surface area contributed by atoms with Crippen LogP contribution in [0.2, 0.25) is 0 Å². The lowest BCUT2D eigenvalue weighted by Gasteiger charge is -2.40. The summed E-state index contributed by atoms with van der Waals surface area (Å²) in [6.45, 7) is 3.68. The van der Waals surface area contributed by atoms with E-state index in [2.05, 4.69) is 20.2 Å². The Balaban J connectivity index is 1.56. The Kier molecular flexibility index (Phi) is 6.65. The van der Waals surface area contributed by atoms with Crippen molar-refractivity contribution < 1.29 is 14.3 Å². The maximum atomic E-state index is 13.5. The van der Waals surface area contributed by atoms with Crippen molar-refractivity contribution in [3.05, 3.63) is 83.3 Å². The lowest BCUT2D eigenvalue weighted by Crippen LogP contribution is -2.49. The molecule has 0 bridgehead atoms. The van der Waals surface area contributed by atoms with E-state index in [0.29, 0.717) is 36.5 Å². The molecule has 8 heteroatoms. The summed E-state index contributed by atoms with van der Waals surface area (Å²) >= 11 is 0. The molecular weight excluding hydrogens is 418 g/mol. The Bertz CT molecular complexity index is 1150. The molecule has 33 heavy (non-hydrogen) atoms. The molecule has 1 atom stereocenters. The van der Waals surface area contributed by atoms with Crippen molar-refractivity contribution in [2.24, 2.45) is 0 Å². The third-order valence-electron chi connectivity index (χ3n) is 5.80. The van der Waals surface area contributed by atoms with Gasteiger partial charge in [-0.2, -0.15) is 0 Å². The summed E-state index contributed by atoms with van der Waals surface area (Å²) in [6, 6.07) is 14.6. The van der Waals surface area contributed by atoms with Gasteiger partial charge in [-0.05, 0) is 55.9 Å². The number of amides is 2. The first-order chi connectivity index (χ1) is 16.0. The minimum atomic E-state index is -0.140. The number of carbonyl (C=O) groups excluding carboxylic acids is 2. The monoisotopic (exact) mass is 445 g/mol. The van der Waals surface area contributed by atoms with E-state index in [1.165, 1.54) is 0 Å². The molecule has 3 heterocycles. The van der Waals surface area contributed by atoms with Crippen LogP contribution in [0.1, 0.15) is 38.0 Å². The Morgan fingerprint density at radius 3 is 2.70 bits per heavy atom. The van der Waals surface area contributed by atoms with Gasteiger partial charge in [-0.25, -0.2) is 4.98 Å². The predicted molar refractivity (Wildman–Crippen MR) is 124 cm³/mol. The van der Waals surface area contributed by atoms with Crippen molar-refractivity contribution in [3.8, 4) is 11.6 Å². The van der Waals surface area contributed by atoms with E-state index < -0.39 is 0 Å². The van der Waals surface area contributed by atoms with Crippen LogP contribution in [-0.4, -0.2) is 65.3 Å². The maximum absolute atomic E-state index is 13.5.